The zero-order chi connectivity index (χ0) is 14.4. The summed E-state index contributed by atoms with van der Waals surface area (Å²) in [6, 6.07) is 6.79. The van der Waals surface area contributed by atoms with E-state index in [9.17, 15) is 4.39 Å². The summed E-state index contributed by atoms with van der Waals surface area (Å²) in [5.74, 6) is -0.235. The number of aromatic nitrogens is 2. The average molecular weight is 338 g/mol. The smallest absolute Gasteiger partial charge is 0.124 e. The van der Waals surface area contributed by atoms with Crippen LogP contribution in [-0.2, 0) is 6.42 Å². The van der Waals surface area contributed by atoms with E-state index in [-0.39, 0.29) is 11.9 Å². The second kappa shape index (κ2) is 7.45. The fourth-order valence-electron chi connectivity index (χ4n) is 2.01. The SMILES string of the molecule is CCCNC(Cc1ccc(F)cc1Br)c1ccncn1. The molecule has 0 bridgehead atoms. The molecule has 0 spiro atoms. The Morgan fingerprint density at radius 2 is 2.20 bits per heavy atom. The van der Waals surface area contributed by atoms with E-state index in [1.165, 1.54) is 12.1 Å². The first-order valence-electron chi connectivity index (χ1n) is 6.64. The van der Waals surface area contributed by atoms with Crippen LogP contribution < -0.4 is 5.32 Å². The third-order valence-electron chi connectivity index (χ3n) is 3.04. The lowest BCUT2D eigenvalue weighted by Gasteiger charge is -2.18. The molecule has 0 aliphatic rings. The normalized spacial score (nSPS) is 12.3. The van der Waals surface area contributed by atoms with Crippen molar-refractivity contribution >= 4 is 15.9 Å². The first kappa shape index (κ1) is 15.1. The molecule has 106 valence electrons. The second-order valence-electron chi connectivity index (χ2n) is 4.58. The van der Waals surface area contributed by atoms with E-state index in [0.29, 0.717) is 0 Å². The van der Waals surface area contributed by atoms with Gasteiger partial charge in [-0.05, 0) is 43.1 Å². The molecule has 3 nitrogen and oxygen atoms in total. The molecule has 1 heterocycles. The van der Waals surface area contributed by atoms with Crippen LogP contribution in [0.2, 0.25) is 0 Å². The molecule has 0 amide bonds. The van der Waals surface area contributed by atoms with Gasteiger partial charge in [-0.3, -0.25) is 0 Å². The molecule has 0 aliphatic heterocycles. The van der Waals surface area contributed by atoms with Crippen LogP contribution in [-0.4, -0.2) is 16.5 Å². The molecule has 0 saturated carbocycles. The Morgan fingerprint density at radius 1 is 1.35 bits per heavy atom. The van der Waals surface area contributed by atoms with Gasteiger partial charge in [-0.15, -0.1) is 0 Å². The van der Waals surface area contributed by atoms with Crippen LogP contribution in [0.5, 0.6) is 0 Å². The Hall–Kier alpha value is -1.33. The van der Waals surface area contributed by atoms with Crippen LogP contribution >= 0.6 is 15.9 Å². The van der Waals surface area contributed by atoms with E-state index < -0.39 is 0 Å². The second-order valence-corrected chi connectivity index (χ2v) is 5.44. The fraction of sp³-hybridized carbons (Fsp3) is 0.333. The Kier molecular flexibility index (Phi) is 5.61. The molecular formula is C15H17BrFN3. The molecule has 1 N–H and O–H groups in total. The minimum Gasteiger partial charge on any atom is -0.308 e. The molecule has 0 fully saturated rings. The molecule has 0 aliphatic carbocycles. The van der Waals surface area contributed by atoms with Crippen LogP contribution in [0.25, 0.3) is 0 Å². The van der Waals surface area contributed by atoms with Crippen LogP contribution in [0.15, 0.2) is 41.3 Å². The van der Waals surface area contributed by atoms with E-state index >= 15 is 0 Å². The number of hydrogen-bond acceptors (Lipinski definition) is 3. The van der Waals surface area contributed by atoms with E-state index in [1.54, 1.807) is 18.6 Å². The highest BCUT2D eigenvalue weighted by Crippen LogP contribution is 2.23. The minimum atomic E-state index is -0.235. The lowest BCUT2D eigenvalue weighted by Crippen LogP contribution is -2.25. The number of hydrogen-bond donors (Lipinski definition) is 1. The summed E-state index contributed by atoms with van der Waals surface area (Å²) in [7, 11) is 0. The summed E-state index contributed by atoms with van der Waals surface area (Å²) in [5.41, 5.74) is 2.00. The molecule has 0 saturated heterocycles. The Morgan fingerprint density at radius 3 is 2.85 bits per heavy atom. The summed E-state index contributed by atoms with van der Waals surface area (Å²) in [4.78, 5) is 8.26. The topological polar surface area (TPSA) is 37.8 Å². The third-order valence-corrected chi connectivity index (χ3v) is 3.78. The zero-order valence-electron chi connectivity index (χ0n) is 11.3. The lowest BCUT2D eigenvalue weighted by molar-refractivity contribution is 0.515. The molecule has 2 aromatic rings. The molecule has 1 atom stereocenters. The van der Waals surface area contributed by atoms with Gasteiger partial charge in [-0.1, -0.05) is 28.9 Å². The standard InChI is InChI=1S/C15H17BrFN3/c1-2-6-19-15(14-5-7-18-10-20-14)8-11-3-4-12(17)9-13(11)16/h3-5,7,9-10,15,19H,2,6,8H2,1H3. The molecule has 1 aromatic heterocycles. The largest absolute Gasteiger partial charge is 0.308 e. The van der Waals surface area contributed by atoms with Crippen molar-refractivity contribution in [1.82, 2.24) is 15.3 Å². The van der Waals surface area contributed by atoms with Gasteiger partial charge in [0.25, 0.3) is 0 Å². The summed E-state index contributed by atoms with van der Waals surface area (Å²) < 4.78 is 13.9. The van der Waals surface area contributed by atoms with E-state index in [2.05, 4.69) is 38.1 Å². The Balaban J connectivity index is 2.19. The zero-order valence-corrected chi connectivity index (χ0v) is 12.9. The first-order valence-corrected chi connectivity index (χ1v) is 7.43. The Bertz CT molecular complexity index is 548. The third kappa shape index (κ3) is 4.08. The van der Waals surface area contributed by atoms with Gasteiger partial charge >= 0.3 is 0 Å². The molecule has 1 aromatic carbocycles. The van der Waals surface area contributed by atoms with Gasteiger partial charge < -0.3 is 5.32 Å². The lowest BCUT2D eigenvalue weighted by atomic mass is 10.0. The summed E-state index contributed by atoms with van der Waals surface area (Å²) in [5, 5.41) is 3.47. The molecule has 20 heavy (non-hydrogen) atoms. The maximum Gasteiger partial charge on any atom is 0.124 e. The number of nitrogens with one attached hydrogen (secondary N) is 1. The minimum absolute atomic E-state index is 0.0970. The van der Waals surface area contributed by atoms with Crippen molar-refractivity contribution in [3.8, 4) is 0 Å². The van der Waals surface area contributed by atoms with Crippen molar-refractivity contribution in [2.75, 3.05) is 6.54 Å². The summed E-state index contributed by atoms with van der Waals surface area (Å²) in [6.45, 7) is 3.03. The highest BCUT2D eigenvalue weighted by molar-refractivity contribution is 9.10. The van der Waals surface area contributed by atoms with Crippen molar-refractivity contribution in [3.05, 3.63) is 58.3 Å². The van der Waals surface area contributed by atoms with Crippen LogP contribution in [0, 0.1) is 5.82 Å². The van der Waals surface area contributed by atoms with E-state index in [1.807, 2.05) is 6.07 Å². The predicted octanol–water partition coefficient (Wildman–Crippen LogP) is 3.66. The van der Waals surface area contributed by atoms with Gasteiger partial charge in [0.1, 0.15) is 12.1 Å². The Labute approximate surface area is 126 Å². The van der Waals surface area contributed by atoms with E-state index in [0.717, 1.165) is 35.1 Å². The fourth-order valence-corrected chi connectivity index (χ4v) is 2.53. The van der Waals surface area contributed by atoms with Crippen LogP contribution in [0.1, 0.15) is 30.6 Å². The van der Waals surface area contributed by atoms with Gasteiger partial charge in [0.15, 0.2) is 0 Å². The molecule has 2 rings (SSSR count). The van der Waals surface area contributed by atoms with Crippen molar-refractivity contribution in [2.24, 2.45) is 0 Å². The van der Waals surface area contributed by atoms with Gasteiger partial charge in [0.05, 0.1) is 11.7 Å². The highest BCUT2D eigenvalue weighted by atomic mass is 79.9. The monoisotopic (exact) mass is 337 g/mol. The summed E-state index contributed by atoms with van der Waals surface area (Å²) in [6.07, 6.45) is 5.09. The predicted molar refractivity (Wildman–Crippen MR) is 80.9 cm³/mol. The molecular weight excluding hydrogens is 321 g/mol. The van der Waals surface area contributed by atoms with Gasteiger partial charge in [0.2, 0.25) is 0 Å². The molecule has 0 radical (unpaired) electrons. The first-order chi connectivity index (χ1) is 9.70. The number of benzene rings is 1. The van der Waals surface area contributed by atoms with Gasteiger partial charge in [-0.25, -0.2) is 14.4 Å². The van der Waals surface area contributed by atoms with Gasteiger partial charge in [-0.2, -0.15) is 0 Å². The maximum absolute atomic E-state index is 13.1. The van der Waals surface area contributed by atoms with Crippen molar-refractivity contribution in [3.63, 3.8) is 0 Å². The van der Waals surface area contributed by atoms with Crippen LogP contribution in [0.3, 0.4) is 0 Å². The molecule has 5 heteroatoms. The highest BCUT2D eigenvalue weighted by Gasteiger charge is 2.14. The van der Waals surface area contributed by atoms with Gasteiger partial charge in [0, 0.05) is 10.7 Å². The van der Waals surface area contributed by atoms with Crippen LogP contribution in [0.4, 0.5) is 4.39 Å². The number of halogens is 2. The van der Waals surface area contributed by atoms with Crippen molar-refractivity contribution < 1.29 is 4.39 Å². The molecule has 1 unspecified atom stereocenters. The maximum atomic E-state index is 13.1. The average Bonchev–Trinajstić information content (AvgIpc) is 2.46. The number of nitrogens with zero attached hydrogens (tertiary/aromatic N) is 2. The quantitative estimate of drug-likeness (QED) is 0.873. The van der Waals surface area contributed by atoms with Crippen molar-refractivity contribution in [2.45, 2.75) is 25.8 Å². The summed E-state index contributed by atoms with van der Waals surface area (Å²) >= 11 is 3.42. The van der Waals surface area contributed by atoms with Crippen molar-refractivity contribution in [1.29, 1.82) is 0 Å². The number of rotatable bonds is 6. The van der Waals surface area contributed by atoms with E-state index in [4.69, 9.17) is 0 Å².